The van der Waals surface area contributed by atoms with Crippen molar-refractivity contribution in [1.29, 1.82) is 0 Å². The van der Waals surface area contributed by atoms with E-state index in [-0.39, 0.29) is 12.3 Å². The van der Waals surface area contributed by atoms with Crippen molar-refractivity contribution in [2.24, 2.45) is 0 Å². The lowest BCUT2D eigenvalue weighted by Gasteiger charge is -2.12. The Morgan fingerprint density at radius 1 is 1.28 bits per heavy atom. The molecule has 1 aromatic carbocycles. The fourth-order valence-corrected chi connectivity index (χ4v) is 3.22. The summed E-state index contributed by atoms with van der Waals surface area (Å²) in [5.74, 6) is 0.444. The van der Waals surface area contributed by atoms with Crippen LogP contribution in [0.25, 0.3) is 5.78 Å². The van der Waals surface area contributed by atoms with Crippen LogP contribution in [-0.4, -0.2) is 31.7 Å². The van der Waals surface area contributed by atoms with Crippen LogP contribution >= 0.6 is 23.4 Å². The van der Waals surface area contributed by atoms with Crippen LogP contribution in [0.1, 0.15) is 22.5 Å². The first kappa shape index (κ1) is 17.7. The number of halogens is 1. The molecule has 0 bridgehead atoms. The normalized spacial score (nSPS) is 11.1. The Morgan fingerprint density at radius 2 is 2.04 bits per heavy atom. The third-order valence-corrected chi connectivity index (χ3v) is 4.79. The smallest absolute Gasteiger partial charge is 0.253 e. The summed E-state index contributed by atoms with van der Waals surface area (Å²) in [6.07, 6.45) is 2.14. The lowest BCUT2D eigenvalue weighted by Crippen LogP contribution is -2.18. The molecule has 25 heavy (non-hydrogen) atoms. The lowest BCUT2D eigenvalue weighted by molar-refractivity contribution is -0.115. The summed E-state index contributed by atoms with van der Waals surface area (Å²) in [7, 11) is 0. The molecule has 0 saturated carbocycles. The zero-order valence-corrected chi connectivity index (χ0v) is 16.0. The fraction of sp³-hybridized carbons (Fsp3) is 0.294. The van der Waals surface area contributed by atoms with Gasteiger partial charge in [-0.1, -0.05) is 23.4 Å². The summed E-state index contributed by atoms with van der Waals surface area (Å²) in [6.45, 7) is 5.72. The van der Waals surface area contributed by atoms with Crippen LogP contribution in [0, 0.1) is 20.8 Å². The number of aryl methyl sites for hydroxylation is 3. The molecule has 1 amide bonds. The maximum Gasteiger partial charge on any atom is 0.253 e. The number of carbonyl (C=O) groups is 1. The predicted octanol–water partition coefficient (Wildman–Crippen LogP) is 3.61. The number of thioether (sulfide) groups is 1. The van der Waals surface area contributed by atoms with Gasteiger partial charge in [-0.3, -0.25) is 4.79 Å². The molecule has 2 aromatic heterocycles. The van der Waals surface area contributed by atoms with E-state index in [2.05, 4.69) is 20.4 Å². The van der Waals surface area contributed by atoms with E-state index < -0.39 is 0 Å². The highest BCUT2D eigenvalue weighted by Gasteiger charge is 2.16. The molecule has 3 rings (SSSR count). The van der Waals surface area contributed by atoms with Crippen molar-refractivity contribution in [2.45, 2.75) is 32.3 Å². The molecule has 8 heteroatoms. The van der Waals surface area contributed by atoms with Gasteiger partial charge in [-0.2, -0.15) is 4.98 Å². The molecule has 0 atom stereocenters. The quantitative estimate of drug-likeness (QED) is 0.705. The number of benzene rings is 1. The number of fused-ring (bicyclic) bond motifs is 1. The highest BCUT2D eigenvalue weighted by Crippen LogP contribution is 2.21. The van der Waals surface area contributed by atoms with Crippen LogP contribution in [0.4, 0.5) is 5.69 Å². The zero-order chi connectivity index (χ0) is 18.1. The van der Waals surface area contributed by atoms with Crippen LogP contribution in [0.3, 0.4) is 0 Å². The fourth-order valence-electron chi connectivity index (χ4n) is 2.65. The molecule has 2 heterocycles. The van der Waals surface area contributed by atoms with Crippen LogP contribution in [-0.2, 0) is 11.2 Å². The summed E-state index contributed by atoms with van der Waals surface area (Å²) in [5, 5.41) is 8.64. The van der Waals surface area contributed by atoms with Crippen molar-refractivity contribution in [3.8, 4) is 0 Å². The minimum Gasteiger partial charge on any atom is -0.326 e. The van der Waals surface area contributed by atoms with Gasteiger partial charge in [0.25, 0.3) is 5.78 Å². The zero-order valence-electron chi connectivity index (χ0n) is 14.4. The molecular formula is C17H18ClN5OS. The monoisotopic (exact) mass is 375 g/mol. The molecule has 0 spiro atoms. The first-order valence-corrected chi connectivity index (χ1v) is 9.32. The maximum absolute atomic E-state index is 12.5. The van der Waals surface area contributed by atoms with Gasteiger partial charge in [-0.05, 0) is 50.8 Å². The second kappa shape index (κ2) is 7.01. The Balaban J connectivity index is 1.87. The van der Waals surface area contributed by atoms with Gasteiger partial charge in [0.1, 0.15) is 0 Å². The van der Waals surface area contributed by atoms with Crippen molar-refractivity contribution in [3.63, 3.8) is 0 Å². The number of hydrogen-bond acceptors (Lipinski definition) is 5. The molecule has 1 N–H and O–H groups in total. The van der Waals surface area contributed by atoms with Crippen molar-refractivity contribution in [2.75, 3.05) is 11.6 Å². The van der Waals surface area contributed by atoms with Gasteiger partial charge in [0.05, 0.1) is 6.42 Å². The van der Waals surface area contributed by atoms with Crippen molar-refractivity contribution >= 4 is 40.7 Å². The number of nitrogens with zero attached hydrogens (tertiary/aromatic N) is 4. The van der Waals surface area contributed by atoms with Crippen LogP contribution < -0.4 is 5.32 Å². The highest BCUT2D eigenvalue weighted by atomic mass is 35.5. The minimum absolute atomic E-state index is 0.108. The highest BCUT2D eigenvalue weighted by molar-refractivity contribution is 7.98. The van der Waals surface area contributed by atoms with Gasteiger partial charge >= 0.3 is 0 Å². The first-order chi connectivity index (χ1) is 11.9. The third-order valence-electron chi connectivity index (χ3n) is 4.01. The second-order valence-corrected chi connectivity index (χ2v) is 6.97. The number of aromatic nitrogens is 4. The minimum atomic E-state index is -0.108. The number of hydrogen-bond donors (Lipinski definition) is 1. The summed E-state index contributed by atoms with van der Waals surface area (Å²) in [5.41, 5.74) is 4.19. The molecular weight excluding hydrogens is 358 g/mol. The first-order valence-electron chi connectivity index (χ1n) is 7.72. The maximum atomic E-state index is 12.5. The van der Waals surface area contributed by atoms with E-state index in [9.17, 15) is 4.79 Å². The van der Waals surface area contributed by atoms with Crippen LogP contribution in [0.15, 0.2) is 23.4 Å². The number of rotatable bonds is 4. The van der Waals surface area contributed by atoms with E-state index >= 15 is 0 Å². The van der Waals surface area contributed by atoms with Gasteiger partial charge in [0.15, 0.2) is 0 Å². The molecule has 0 fully saturated rings. The van der Waals surface area contributed by atoms with E-state index in [0.29, 0.717) is 16.0 Å². The average molecular weight is 376 g/mol. The van der Waals surface area contributed by atoms with Gasteiger partial charge < -0.3 is 5.32 Å². The van der Waals surface area contributed by atoms with Gasteiger partial charge in [-0.15, -0.1) is 5.10 Å². The summed E-state index contributed by atoms with van der Waals surface area (Å²) < 4.78 is 1.69. The molecule has 0 saturated heterocycles. The Morgan fingerprint density at radius 3 is 2.72 bits per heavy atom. The lowest BCUT2D eigenvalue weighted by atomic mass is 10.1. The molecule has 130 valence electrons. The van der Waals surface area contributed by atoms with E-state index in [1.165, 1.54) is 11.8 Å². The molecule has 0 aliphatic rings. The second-order valence-electron chi connectivity index (χ2n) is 5.76. The van der Waals surface area contributed by atoms with Gasteiger partial charge in [0.2, 0.25) is 11.1 Å². The molecule has 3 aromatic rings. The Bertz CT molecular complexity index is 969. The Labute approximate surface area is 155 Å². The van der Waals surface area contributed by atoms with E-state index in [1.807, 2.05) is 33.1 Å². The Hall–Kier alpha value is -2.12. The number of anilines is 1. The summed E-state index contributed by atoms with van der Waals surface area (Å²) in [6, 6.07) is 5.38. The van der Waals surface area contributed by atoms with Crippen molar-refractivity contribution < 1.29 is 4.79 Å². The van der Waals surface area contributed by atoms with Crippen LogP contribution in [0.5, 0.6) is 0 Å². The predicted molar refractivity (Wildman–Crippen MR) is 101 cm³/mol. The molecule has 0 aliphatic heterocycles. The van der Waals surface area contributed by atoms with E-state index in [1.54, 1.807) is 16.6 Å². The largest absolute Gasteiger partial charge is 0.326 e. The SMILES string of the molecule is CSc1nc2nc(C)c(CC(=O)Nc3ccc(Cl)cc3C)c(C)n2n1. The van der Waals surface area contributed by atoms with Gasteiger partial charge in [0, 0.05) is 27.7 Å². The molecule has 0 radical (unpaired) electrons. The standard InChI is InChI=1S/C17H18ClN5OS/c1-9-7-12(18)5-6-14(9)20-15(24)8-13-10(2)19-16-21-17(25-4)22-23(16)11(13)3/h5-7H,8H2,1-4H3,(H,20,24). The molecule has 6 nitrogen and oxygen atoms in total. The average Bonchev–Trinajstić information content (AvgIpc) is 2.97. The third kappa shape index (κ3) is 3.62. The summed E-state index contributed by atoms with van der Waals surface area (Å²) in [4.78, 5) is 21.3. The number of carbonyl (C=O) groups excluding carboxylic acids is 1. The number of amides is 1. The number of nitrogens with one attached hydrogen (secondary N) is 1. The topological polar surface area (TPSA) is 72.2 Å². The van der Waals surface area contributed by atoms with Crippen molar-refractivity contribution in [3.05, 3.63) is 45.7 Å². The van der Waals surface area contributed by atoms with Crippen molar-refractivity contribution in [1.82, 2.24) is 19.6 Å². The molecule has 0 aliphatic carbocycles. The van der Waals surface area contributed by atoms with Gasteiger partial charge in [-0.25, -0.2) is 9.50 Å². The summed E-state index contributed by atoms with van der Waals surface area (Å²) >= 11 is 7.42. The van der Waals surface area contributed by atoms with Crippen LogP contribution in [0.2, 0.25) is 5.02 Å². The Kier molecular flexibility index (Phi) is 4.96. The molecule has 0 unspecified atom stereocenters. The van der Waals surface area contributed by atoms with E-state index in [4.69, 9.17) is 11.6 Å². The van der Waals surface area contributed by atoms with E-state index in [0.717, 1.165) is 28.2 Å².